The molecule has 0 spiro atoms. The van der Waals surface area contributed by atoms with E-state index in [4.69, 9.17) is 0 Å². The van der Waals surface area contributed by atoms with E-state index < -0.39 is 57.5 Å². The van der Waals surface area contributed by atoms with Crippen LogP contribution in [0, 0.1) is 46.5 Å². The van der Waals surface area contributed by atoms with Crippen LogP contribution in [-0.2, 0) is 0 Å². The molecule has 2 aromatic rings. The summed E-state index contributed by atoms with van der Waals surface area (Å²) in [6.07, 6.45) is 0. The number of hydrogen-bond acceptors (Lipinski definition) is 0. The Labute approximate surface area is 113 Å². The van der Waals surface area contributed by atoms with E-state index in [0.717, 1.165) is 0 Å². The van der Waals surface area contributed by atoms with Crippen LogP contribution in [-0.4, -0.2) is 7.28 Å². The van der Waals surface area contributed by atoms with E-state index in [0.29, 0.717) is 0 Å². The van der Waals surface area contributed by atoms with Gasteiger partial charge in [0.15, 0.2) is 40.7 Å². The summed E-state index contributed by atoms with van der Waals surface area (Å²) in [4.78, 5) is 0. The lowest BCUT2D eigenvalue weighted by Gasteiger charge is -2.09. The zero-order valence-electron chi connectivity index (χ0n) is 9.76. The third-order valence-corrected chi connectivity index (χ3v) is 2.58. The zero-order valence-corrected chi connectivity index (χ0v) is 9.76. The van der Waals surface area contributed by atoms with Crippen molar-refractivity contribution in [3.8, 4) is 0 Å². The van der Waals surface area contributed by atoms with Crippen LogP contribution in [0.5, 0.6) is 0 Å². The van der Waals surface area contributed by atoms with Crippen LogP contribution in [0.1, 0.15) is 0 Å². The third kappa shape index (κ3) is 2.59. The first-order chi connectivity index (χ1) is 9.73. The maximum Gasteiger partial charge on any atom is 0.207 e. The Bertz CT molecular complexity index is 702. The first-order valence-electron chi connectivity index (χ1n) is 5.24. The highest BCUT2D eigenvalue weighted by atomic mass is 19.2. The molecule has 0 unspecified atom stereocenters. The van der Waals surface area contributed by atoms with Crippen molar-refractivity contribution in [2.45, 2.75) is 0 Å². The van der Waals surface area contributed by atoms with Crippen molar-refractivity contribution in [3.63, 3.8) is 0 Å². The molecule has 2 rings (SSSR count). The summed E-state index contributed by atoms with van der Waals surface area (Å²) in [7, 11) is 0.00398. The van der Waals surface area contributed by atoms with E-state index in [9.17, 15) is 35.1 Å². The summed E-state index contributed by atoms with van der Waals surface area (Å²) in [5.41, 5.74) is -2.84. The molecule has 1 radical (unpaired) electrons. The molecule has 0 fully saturated rings. The van der Waals surface area contributed by atoms with Gasteiger partial charge < -0.3 is 0 Å². The Morgan fingerprint density at radius 1 is 0.476 bits per heavy atom. The van der Waals surface area contributed by atoms with Crippen LogP contribution >= 0.6 is 0 Å². The molecule has 0 amide bonds. The average Bonchev–Trinajstić information content (AvgIpc) is 2.42. The molecule has 0 aliphatic carbocycles. The van der Waals surface area contributed by atoms with Gasteiger partial charge in [-0.05, 0) is 10.9 Å². The van der Waals surface area contributed by atoms with Crippen molar-refractivity contribution >= 4 is 18.2 Å². The quantitative estimate of drug-likeness (QED) is 0.346. The second-order valence-electron chi connectivity index (χ2n) is 3.91. The van der Waals surface area contributed by atoms with Crippen LogP contribution in [0.3, 0.4) is 0 Å². The molecule has 0 bridgehead atoms. The molecule has 0 aromatic heterocycles. The van der Waals surface area contributed by atoms with Crippen molar-refractivity contribution in [1.82, 2.24) is 0 Å². The maximum absolute atomic E-state index is 13.4. The Kier molecular flexibility index (Phi) is 3.93. The zero-order chi connectivity index (χ0) is 15.9. The first-order valence-corrected chi connectivity index (χ1v) is 5.24. The Hall–Kier alpha value is -2.06. The molecular formula is C12H2BF8. The van der Waals surface area contributed by atoms with Crippen LogP contribution in [0.15, 0.2) is 12.1 Å². The number of halogens is 8. The van der Waals surface area contributed by atoms with E-state index >= 15 is 0 Å². The van der Waals surface area contributed by atoms with E-state index in [1.807, 2.05) is 0 Å². The summed E-state index contributed by atoms with van der Waals surface area (Å²) >= 11 is 0. The average molecular weight is 309 g/mol. The minimum Gasteiger partial charge on any atom is -0.207 e. The standard InChI is InChI=1S/C12H2BF8/c14-3-1-6(17)11(20)12(21)7(3)13-8-9(18)4(15)2-5(16)10(8)19/h1-2H. The number of rotatable bonds is 2. The molecule has 0 aliphatic rings. The number of benzene rings is 2. The number of hydrogen-bond donors (Lipinski definition) is 0. The molecule has 109 valence electrons. The van der Waals surface area contributed by atoms with Gasteiger partial charge in [-0.2, -0.15) is 0 Å². The van der Waals surface area contributed by atoms with Gasteiger partial charge in [-0.25, -0.2) is 35.1 Å². The highest BCUT2D eigenvalue weighted by Gasteiger charge is 2.25. The molecule has 2 aromatic carbocycles. The molecule has 0 heterocycles. The van der Waals surface area contributed by atoms with Gasteiger partial charge in [0.05, 0.1) is 0 Å². The van der Waals surface area contributed by atoms with Crippen LogP contribution in [0.4, 0.5) is 35.1 Å². The second-order valence-corrected chi connectivity index (χ2v) is 3.91. The Morgan fingerprint density at radius 3 is 1.43 bits per heavy atom. The smallest absolute Gasteiger partial charge is 0.207 e. The van der Waals surface area contributed by atoms with Crippen molar-refractivity contribution < 1.29 is 35.1 Å². The summed E-state index contributed by atoms with van der Waals surface area (Å²) in [6.45, 7) is 0. The molecule has 21 heavy (non-hydrogen) atoms. The van der Waals surface area contributed by atoms with Gasteiger partial charge in [0, 0.05) is 12.1 Å². The van der Waals surface area contributed by atoms with Gasteiger partial charge in [0.25, 0.3) is 0 Å². The Morgan fingerprint density at radius 2 is 0.905 bits per heavy atom. The van der Waals surface area contributed by atoms with Crippen molar-refractivity contribution in [2.75, 3.05) is 0 Å². The molecule has 9 heteroatoms. The van der Waals surface area contributed by atoms with Crippen molar-refractivity contribution in [2.24, 2.45) is 0 Å². The lowest BCUT2D eigenvalue weighted by molar-refractivity contribution is 0.440. The predicted octanol–water partition coefficient (Wildman–Crippen LogP) is 2.45. The van der Waals surface area contributed by atoms with Gasteiger partial charge in [-0.15, -0.1) is 0 Å². The van der Waals surface area contributed by atoms with Crippen LogP contribution < -0.4 is 10.9 Å². The normalized spacial score (nSPS) is 10.9. The van der Waals surface area contributed by atoms with Gasteiger partial charge in [0.1, 0.15) is 5.82 Å². The maximum atomic E-state index is 13.4. The monoisotopic (exact) mass is 309 g/mol. The van der Waals surface area contributed by atoms with Gasteiger partial charge >= 0.3 is 0 Å². The molecule has 0 saturated heterocycles. The predicted molar refractivity (Wildman–Crippen MR) is 57.6 cm³/mol. The third-order valence-electron chi connectivity index (χ3n) is 2.58. The largest absolute Gasteiger partial charge is 0.207 e. The topological polar surface area (TPSA) is 0 Å². The van der Waals surface area contributed by atoms with Crippen LogP contribution in [0.25, 0.3) is 0 Å². The molecule has 0 nitrogen and oxygen atoms in total. The van der Waals surface area contributed by atoms with Crippen molar-refractivity contribution in [1.29, 1.82) is 0 Å². The molecule has 0 N–H and O–H groups in total. The first kappa shape index (κ1) is 15.3. The summed E-state index contributed by atoms with van der Waals surface area (Å²) in [5, 5.41) is 0. The minimum absolute atomic E-state index is 0.00398. The van der Waals surface area contributed by atoms with Gasteiger partial charge in [0.2, 0.25) is 7.28 Å². The van der Waals surface area contributed by atoms with Gasteiger partial charge in [-0.1, -0.05) is 0 Å². The fourth-order valence-corrected chi connectivity index (χ4v) is 1.58. The fraction of sp³-hybridized carbons (Fsp3) is 0. The second kappa shape index (κ2) is 5.38. The molecule has 0 saturated carbocycles. The van der Waals surface area contributed by atoms with E-state index in [-0.39, 0.29) is 19.4 Å². The highest BCUT2D eigenvalue weighted by molar-refractivity contribution is 6.67. The fourth-order valence-electron chi connectivity index (χ4n) is 1.58. The van der Waals surface area contributed by atoms with E-state index in [2.05, 4.69) is 0 Å². The highest BCUT2D eigenvalue weighted by Crippen LogP contribution is 2.13. The lowest BCUT2D eigenvalue weighted by atomic mass is 9.63. The summed E-state index contributed by atoms with van der Waals surface area (Å²) in [6, 6.07) is -0.185. The summed E-state index contributed by atoms with van der Waals surface area (Å²) < 4.78 is 105. The Balaban J connectivity index is 2.62. The molecular weight excluding hydrogens is 307 g/mol. The van der Waals surface area contributed by atoms with Gasteiger partial charge in [-0.3, -0.25) is 0 Å². The molecule has 0 atom stereocenters. The molecule has 0 aliphatic heterocycles. The SMILES string of the molecule is Fc1cc(F)c([B]c2c(F)c(F)cc(F)c2F)c(F)c1F. The summed E-state index contributed by atoms with van der Waals surface area (Å²) in [5.74, 6) is -15.2. The van der Waals surface area contributed by atoms with E-state index in [1.54, 1.807) is 0 Å². The van der Waals surface area contributed by atoms with Crippen molar-refractivity contribution in [3.05, 3.63) is 58.7 Å². The van der Waals surface area contributed by atoms with E-state index in [1.165, 1.54) is 0 Å². The lowest BCUT2D eigenvalue weighted by Crippen LogP contribution is -2.38. The van der Waals surface area contributed by atoms with Crippen LogP contribution in [0.2, 0.25) is 0 Å². The minimum atomic E-state index is -2.10.